The molecule has 2 heteroatoms. The van der Waals surface area contributed by atoms with Crippen molar-refractivity contribution in [3.63, 3.8) is 0 Å². The van der Waals surface area contributed by atoms with Gasteiger partial charge in [-0.2, -0.15) is 0 Å². The minimum atomic E-state index is 0.447. The Hall–Kier alpha value is -0.0800. The molecule has 1 saturated carbocycles. The molecule has 0 radical (unpaired) electrons. The highest BCUT2D eigenvalue weighted by atomic mass is 15.2. The third-order valence-corrected chi connectivity index (χ3v) is 3.73. The van der Waals surface area contributed by atoms with Gasteiger partial charge in [-0.1, -0.05) is 19.3 Å². The number of hydrogen-bond donors (Lipinski definition) is 1. The van der Waals surface area contributed by atoms with Crippen molar-refractivity contribution in [1.29, 1.82) is 0 Å². The maximum atomic E-state index is 6.19. The number of likely N-dealkylation sites (N-methyl/N-ethyl adjacent to an activating group) is 1. The summed E-state index contributed by atoms with van der Waals surface area (Å²) in [5, 5.41) is 0. The van der Waals surface area contributed by atoms with Crippen molar-refractivity contribution >= 4 is 0 Å². The molecule has 1 aliphatic carbocycles. The SMILES string of the molecule is CN1CC(N)C2(CCCCC2)C1. The lowest BCUT2D eigenvalue weighted by molar-refractivity contribution is 0.177. The van der Waals surface area contributed by atoms with Crippen LogP contribution in [-0.2, 0) is 0 Å². The highest BCUT2D eigenvalue weighted by Gasteiger charge is 2.43. The molecule has 2 aliphatic rings. The molecule has 1 aliphatic heterocycles. The molecule has 1 atom stereocenters. The summed E-state index contributed by atoms with van der Waals surface area (Å²) in [6.45, 7) is 2.36. The van der Waals surface area contributed by atoms with Crippen molar-refractivity contribution in [2.24, 2.45) is 11.1 Å². The number of hydrogen-bond acceptors (Lipinski definition) is 2. The maximum absolute atomic E-state index is 6.19. The fraction of sp³-hybridized carbons (Fsp3) is 1.00. The summed E-state index contributed by atoms with van der Waals surface area (Å²) in [7, 11) is 2.20. The van der Waals surface area contributed by atoms with Gasteiger partial charge in [0.1, 0.15) is 0 Å². The van der Waals surface area contributed by atoms with E-state index < -0.39 is 0 Å². The molecule has 1 unspecified atom stereocenters. The lowest BCUT2D eigenvalue weighted by Gasteiger charge is -2.36. The number of rotatable bonds is 0. The molecule has 1 spiro atoms. The summed E-state index contributed by atoms with van der Waals surface area (Å²) in [6.07, 6.45) is 6.98. The maximum Gasteiger partial charge on any atom is 0.0237 e. The first kappa shape index (κ1) is 8.52. The van der Waals surface area contributed by atoms with E-state index in [1.807, 2.05) is 0 Å². The topological polar surface area (TPSA) is 29.3 Å². The first-order chi connectivity index (χ1) is 5.73. The number of nitrogens with two attached hydrogens (primary N) is 1. The molecule has 2 nitrogen and oxygen atoms in total. The van der Waals surface area contributed by atoms with Crippen LogP contribution >= 0.6 is 0 Å². The van der Waals surface area contributed by atoms with Crippen molar-refractivity contribution in [3.05, 3.63) is 0 Å². The summed E-state index contributed by atoms with van der Waals surface area (Å²) >= 11 is 0. The summed E-state index contributed by atoms with van der Waals surface area (Å²) in [6, 6.07) is 0.447. The Bertz CT molecular complexity index is 161. The van der Waals surface area contributed by atoms with Crippen molar-refractivity contribution in [2.75, 3.05) is 20.1 Å². The fourth-order valence-corrected chi connectivity index (χ4v) is 3.03. The summed E-state index contributed by atoms with van der Waals surface area (Å²) in [5.74, 6) is 0. The second kappa shape index (κ2) is 3.00. The van der Waals surface area contributed by atoms with Crippen LogP contribution in [0.5, 0.6) is 0 Å². The Kier molecular flexibility index (Phi) is 2.13. The Labute approximate surface area is 75.1 Å². The van der Waals surface area contributed by atoms with Crippen LogP contribution in [0.3, 0.4) is 0 Å². The predicted octanol–water partition coefficient (Wildman–Crippen LogP) is 1.21. The molecule has 0 bridgehead atoms. The number of likely N-dealkylation sites (tertiary alicyclic amines) is 1. The van der Waals surface area contributed by atoms with Crippen LogP contribution in [-0.4, -0.2) is 31.1 Å². The molecule has 70 valence electrons. The van der Waals surface area contributed by atoms with Crippen LogP contribution in [0.25, 0.3) is 0 Å². The van der Waals surface area contributed by atoms with Crippen molar-refractivity contribution in [3.8, 4) is 0 Å². The monoisotopic (exact) mass is 168 g/mol. The van der Waals surface area contributed by atoms with Gasteiger partial charge in [0.2, 0.25) is 0 Å². The highest BCUT2D eigenvalue weighted by Crippen LogP contribution is 2.42. The smallest absolute Gasteiger partial charge is 0.0237 e. The average molecular weight is 168 g/mol. The third-order valence-electron chi connectivity index (χ3n) is 3.73. The molecule has 0 amide bonds. The largest absolute Gasteiger partial charge is 0.326 e. The van der Waals surface area contributed by atoms with E-state index >= 15 is 0 Å². The van der Waals surface area contributed by atoms with Gasteiger partial charge in [0.05, 0.1) is 0 Å². The van der Waals surface area contributed by atoms with Gasteiger partial charge < -0.3 is 10.6 Å². The lowest BCUT2D eigenvalue weighted by Crippen LogP contribution is -2.41. The van der Waals surface area contributed by atoms with Gasteiger partial charge in [-0.15, -0.1) is 0 Å². The van der Waals surface area contributed by atoms with Crippen molar-refractivity contribution in [2.45, 2.75) is 38.1 Å². The lowest BCUT2D eigenvalue weighted by atomic mass is 9.71. The number of nitrogens with zero attached hydrogens (tertiary/aromatic N) is 1. The minimum absolute atomic E-state index is 0.447. The zero-order chi connectivity index (χ0) is 8.60. The van der Waals surface area contributed by atoms with Gasteiger partial charge in [-0.25, -0.2) is 0 Å². The molecule has 2 rings (SSSR count). The highest BCUT2D eigenvalue weighted by molar-refractivity contribution is 4.99. The van der Waals surface area contributed by atoms with E-state index in [0.29, 0.717) is 11.5 Å². The van der Waals surface area contributed by atoms with Crippen LogP contribution in [0.4, 0.5) is 0 Å². The van der Waals surface area contributed by atoms with E-state index in [-0.39, 0.29) is 0 Å². The Morgan fingerprint density at radius 1 is 1.25 bits per heavy atom. The van der Waals surface area contributed by atoms with E-state index in [9.17, 15) is 0 Å². The van der Waals surface area contributed by atoms with E-state index in [1.165, 1.54) is 38.6 Å². The first-order valence-corrected chi connectivity index (χ1v) is 5.17. The quantitative estimate of drug-likeness (QED) is 0.589. The molecular weight excluding hydrogens is 148 g/mol. The van der Waals surface area contributed by atoms with Crippen molar-refractivity contribution in [1.82, 2.24) is 4.90 Å². The molecule has 1 saturated heterocycles. The van der Waals surface area contributed by atoms with E-state index in [2.05, 4.69) is 11.9 Å². The molecule has 1 heterocycles. The first-order valence-electron chi connectivity index (χ1n) is 5.17. The van der Waals surface area contributed by atoms with E-state index in [1.54, 1.807) is 0 Å². The standard InChI is InChI=1S/C10H20N2/c1-12-7-9(11)10(8-12)5-3-2-4-6-10/h9H,2-8,11H2,1H3. The molecule has 0 aromatic heterocycles. The molecule has 0 aromatic carbocycles. The zero-order valence-corrected chi connectivity index (χ0v) is 8.05. The third kappa shape index (κ3) is 1.27. The molecule has 12 heavy (non-hydrogen) atoms. The average Bonchev–Trinajstić information content (AvgIpc) is 2.29. The van der Waals surface area contributed by atoms with Crippen LogP contribution in [0, 0.1) is 5.41 Å². The van der Waals surface area contributed by atoms with Crippen LogP contribution in [0.1, 0.15) is 32.1 Å². The van der Waals surface area contributed by atoms with Gasteiger partial charge in [0, 0.05) is 19.1 Å². The Balaban J connectivity index is 2.08. The molecular formula is C10H20N2. The molecule has 2 N–H and O–H groups in total. The normalized spacial score (nSPS) is 36.0. The van der Waals surface area contributed by atoms with Gasteiger partial charge in [-0.05, 0) is 25.3 Å². The Morgan fingerprint density at radius 2 is 1.92 bits per heavy atom. The second-order valence-electron chi connectivity index (χ2n) is 4.73. The fourth-order valence-electron chi connectivity index (χ4n) is 3.03. The predicted molar refractivity (Wildman–Crippen MR) is 51.0 cm³/mol. The summed E-state index contributed by atoms with van der Waals surface area (Å²) in [4.78, 5) is 2.40. The second-order valence-corrected chi connectivity index (χ2v) is 4.73. The minimum Gasteiger partial charge on any atom is -0.326 e. The molecule has 0 aromatic rings. The van der Waals surface area contributed by atoms with Crippen LogP contribution < -0.4 is 5.73 Å². The van der Waals surface area contributed by atoms with Gasteiger partial charge in [0.15, 0.2) is 0 Å². The van der Waals surface area contributed by atoms with Gasteiger partial charge >= 0.3 is 0 Å². The van der Waals surface area contributed by atoms with Crippen molar-refractivity contribution < 1.29 is 0 Å². The van der Waals surface area contributed by atoms with Crippen LogP contribution in [0.15, 0.2) is 0 Å². The summed E-state index contributed by atoms with van der Waals surface area (Å²) in [5.41, 5.74) is 6.70. The Morgan fingerprint density at radius 3 is 2.42 bits per heavy atom. The molecule has 2 fully saturated rings. The van der Waals surface area contributed by atoms with Gasteiger partial charge in [-0.3, -0.25) is 0 Å². The van der Waals surface area contributed by atoms with Gasteiger partial charge in [0.25, 0.3) is 0 Å². The van der Waals surface area contributed by atoms with Crippen LogP contribution in [0.2, 0.25) is 0 Å². The zero-order valence-electron chi connectivity index (χ0n) is 8.05. The summed E-state index contributed by atoms with van der Waals surface area (Å²) < 4.78 is 0. The van der Waals surface area contributed by atoms with E-state index in [0.717, 1.165) is 6.54 Å². The van der Waals surface area contributed by atoms with E-state index in [4.69, 9.17) is 5.73 Å².